The van der Waals surface area contributed by atoms with Gasteiger partial charge in [-0.25, -0.2) is 18.4 Å². The van der Waals surface area contributed by atoms with E-state index >= 15 is 0 Å². The number of piperidine rings is 1. The highest BCUT2D eigenvalue weighted by Gasteiger charge is 2.34. The van der Waals surface area contributed by atoms with E-state index in [0.29, 0.717) is 19.0 Å². The van der Waals surface area contributed by atoms with Crippen molar-refractivity contribution in [2.45, 2.75) is 24.3 Å². The van der Waals surface area contributed by atoms with Crippen LogP contribution in [0.25, 0.3) is 0 Å². The molecule has 1 fully saturated rings. The molecule has 0 spiro atoms. The van der Waals surface area contributed by atoms with Crippen molar-refractivity contribution in [3.05, 3.63) is 17.7 Å². The Bertz CT molecular complexity index is 535. The number of aromatic nitrogens is 2. The number of sulfonamides is 1. The maximum absolute atomic E-state index is 12.4. The van der Waals surface area contributed by atoms with Gasteiger partial charge in [-0.2, -0.15) is 4.31 Å². The first-order valence-electron chi connectivity index (χ1n) is 5.95. The van der Waals surface area contributed by atoms with Crippen molar-refractivity contribution in [1.29, 1.82) is 0 Å². The van der Waals surface area contributed by atoms with Crippen molar-refractivity contribution in [2.75, 3.05) is 20.2 Å². The van der Waals surface area contributed by atoms with Crippen LogP contribution >= 0.6 is 11.6 Å². The zero-order valence-electron chi connectivity index (χ0n) is 10.8. The maximum Gasteiger partial charge on any atom is 0.246 e. The Kier molecular flexibility index (Phi) is 4.39. The fourth-order valence-corrected chi connectivity index (χ4v) is 3.57. The lowest BCUT2D eigenvalue weighted by molar-refractivity contribution is 0.0183. The van der Waals surface area contributed by atoms with Crippen molar-refractivity contribution in [3.8, 4) is 0 Å². The molecule has 0 radical (unpaired) electrons. The number of hydrogen-bond acceptors (Lipinski definition) is 5. The van der Waals surface area contributed by atoms with Crippen LogP contribution in [-0.2, 0) is 14.8 Å². The number of ether oxygens (including phenoxy) is 1. The van der Waals surface area contributed by atoms with Gasteiger partial charge in [-0.1, -0.05) is 6.92 Å². The lowest BCUT2D eigenvalue weighted by Crippen LogP contribution is -2.46. The van der Waals surface area contributed by atoms with Crippen LogP contribution in [0.2, 0.25) is 5.28 Å². The van der Waals surface area contributed by atoms with Gasteiger partial charge in [-0.15, -0.1) is 0 Å². The van der Waals surface area contributed by atoms with Crippen LogP contribution in [0.4, 0.5) is 0 Å². The Morgan fingerprint density at radius 1 is 1.42 bits per heavy atom. The largest absolute Gasteiger partial charge is 0.380 e. The third-order valence-corrected chi connectivity index (χ3v) is 5.40. The number of rotatable bonds is 3. The molecule has 0 saturated carbocycles. The molecule has 0 N–H and O–H groups in total. The van der Waals surface area contributed by atoms with E-state index in [-0.39, 0.29) is 16.3 Å². The SMILES string of the molecule is COC1CN(S(=O)(=O)c2cnc(Cl)nc2)CCC1C. The number of nitrogens with zero attached hydrogens (tertiary/aromatic N) is 3. The summed E-state index contributed by atoms with van der Waals surface area (Å²) in [7, 11) is -1.98. The molecule has 8 heteroatoms. The summed E-state index contributed by atoms with van der Waals surface area (Å²) in [5, 5.41) is 0.0287. The van der Waals surface area contributed by atoms with Crippen LogP contribution in [-0.4, -0.2) is 49.0 Å². The summed E-state index contributed by atoms with van der Waals surface area (Å²) in [5.74, 6) is 0.345. The molecule has 2 rings (SSSR count). The average molecular weight is 306 g/mol. The Labute approximate surface area is 117 Å². The normalized spacial score (nSPS) is 25.4. The molecule has 1 aliphatic heterocycles. The highest BCUT2D eigenvalue weighted by molar-refractivity contribution is 7.89. The van der Waals surface area contributed by atoms with Crippen molar-refractivity contribution < 1.29 is 13.2 Å². The Morgan fingerprint density at radius 2 is 2.05 bits per heavy atom. The second-order valence-corrected chi connectivity index (χ2v) is 6.87. The summed E-state index contributed by atoms with van der Waals surface area (Å²) in [6, 6.07) is 0. The minimum Gasteiger partial charge on any atom is -0.380 e. The molecule has 1 aromatic heterocycles. The molecule has 106 valence electrons. The molecule has 0 aliphatic carbocycles. The maximum atomic E-state index is 12.4. The third-order valence-electron chi connectivity index (χ3n) is 3.39. The zero-order valence-corrected chi connectivity index (χ0v) is 12.4. The third kappa shape index (κ3) is 3.05. The molecule has 19 heavy (non-hydrogen) atoms. The zero-order chi connectivity index (χ0) is 14.0. The monoisotopic (exact) mass is 305 g/mol. The lowest BCUT2D eigenvalue weighted by atomic mass is 9.97. The van der Waals surface area contributed by atoms with Crippen molar-refractivity contribution in [2.24, 2.45) is 5.92 Å². The van der Waals surface area contributed by atoms with Crippen molar-refractivity contribution >= 4 is 21.6 Å². The first kappa shape index (κ1) is 14.6. The minimum absolute atomic E-state index is 0.0287. The van der Waals surface area contributed by atoms with Crippen molar-refractivity contribution in [3.63, 3.8) is 0 Å². The van der Waals surface area contributed by atoms with Gasteiger partial charge < -0.3 is 4.74 Å². The van der Waals surface area contributed by atoms with Crippen LogP contribution < -0.4 is 0 Å². The smallest absolute Gasteiger partial charge is 0.246 e. The van der Waals surface area contributed by atoms with E-state index in [1.807, 2.05) is 0 Å². The fourth-order valence-electron chi connectivity index (χ4n) is 2.11. The molecule has 6 nitrogen and oxygen atoms in total. The van der Waals surface area contributed by atoms with E-state index in [1.165, 1.54) is 16.7 Å². The highest BCUT2D eigenvalue weighted by atomic mass is 35.5. The molecule has 1 saturated heterocycles. The molecule has 2 heterocycles. The molecule has 2 atom stereocenters. The highest BCUT2D eigenvalue weighted by Crippen LogP contribution is 2.24. The van der Waals surface area contributed by atoms with Gasteiger partial charge >= 0.3 is 0 Å². The first-order chi connectivity index (χ1) is 8.95. The number of hydrogen-bond donors (Lipinski definition) is 0. The lowest BCUT2D eigenvalue weighted by Gasteiger charge is -2.35. The first-order valence-corrected chi connectivity index (χ1v) is 7.77. The van der Waals surface area contributed by atoms with Gasteiger partial charge in [-0.3, -0.25) is 0 Å². The topological polar surface area (TPSA) is 72.4 Å². The van der Waals surface area contributed by atoms with E-state index in [2.05, 4.69) is 16.9 Å². The van der Waals surface area contributed by atoms with Gasteiger partial charge in [-0.05, 0) is 23.9 Å². The van der Waals surface area contributed by atoms with Gasteiger partial charge in [0.1, 0.15) is 4.90 Å². The number of methoxy groups -OCH3 is 1. The molecule has 0 aromatic carbocycles. The Hall–Kier alpha value is -0.760. The van der Waals surface area contributed by atoms with Gasteiger partial charge in [0.15, 0.2) is 0 Å². The molecule has 1 aliphatic rings. The van der Waals surface area contributed by atoms with Crippen LogP contribution in [0.3, 0.4) is 0 Å². The van der Waals surface area contributed by atoms with E-state index in [0.717, 1.165) is 6.42 Å². The Morgan fingerprint density at radius 3 is 2.63 bits per heavy atom. The van der Waals surface area contributed by atoms with Crippen LogP contribution in [0, 0.1) is 5.92 Å². The molecular weight excluding hydrogens is 290 g/mol. The van der Waals surface area contributed by atoms with Crippen LogP contribution in [0.1, 0.15) is 13.3 Å². The Balaban J connectivity index is 2.23. The summed E-state index contributed by atoms with van der Waals surface area (Å²) in [6.07, 6.45) is 3.14. The van der Waals surface area contributed by atoms with Gasteiger partial charge in [0.25, 0.3) is 0 Å². The molecule has 0 amide bonds. The van der Waals surface area contributed by atoms with Gasteiger partial charge in [0.2, 0.25) is 15.3 Å². The molecule has 0 bridgehead atoms. The second kappa shape index (κ2) is 5.70. The van der Waals surface area contributed by atoms with Crippen molar-refractivity contribution in [1.82, 2.24) is 14.3 Å². The molecule has 2 unspecified atom stereocenters. The standard InChI is InChI=1S/C11H16ClN3O3S/c1-8-3-4-15(7-10(8)18-2)19(16,17)9-5-13-11(12)14-6-9/h5-6,8,10H,3-4,7H2,1-2H3. The predicted octanol–water partition coefficient (Wildman–Crippen LogP) is 1.18. The molecular formula is C11H16ClN3O3S. The quantitative estimate of drug-likeness (QED) is 0.784. The molecule has 1 aromatic rings. The predicted molar refractivity (Wildman–Crippen MR) is 70.4 cm³/mol. The summed E-state index contributed by atoms with van der Waals surface area (Å²) in [6.45, 7) is 2.89. The van der Waals surface area contributed by atoms with Gasteiger partial charge in [0, 0.05) is 20.2 Å². The van der Waals surface area contributed by atoms with E-state index in [1.54, 1.807) is 7.11 Å². The fraction of sp³-hybridized carbons (Fsp3) is 0.636. The second-order valence-electron chi connectivity index (χ2n) is 4.59. The van der Waals surface area contributed by atoms with Crippen LogP contribution in [0.15, 0.2) is 17.3 Å². The van der Waals surface area contributed by atoms with Crippen LogP contribution in [0.5, 0.6) is 0 Å². The van der Waals surface area contributed by atoms with E-state index in [4.69, 9.17) is 16.3 Å². The van der Waals surface area contributed by atoms with E-state index in [9.17, 15) is 8.42 Å². The summed E-state index contributed by atoms with van der Waals surface area (Å²) in [5.41, 5.74) is 0. The summed E-state index contributed by atoms with van der Waals surface area (Å²) >= 11 is 5.56. The average Bonchev–Trinajstić information content (AvgIpc) is 2.39. The summed E-state index contributed by atoms with van der Waals surface area (Å²) in [4.78, 5) is 7.48. The van der Waals surface area contributed by atoms with E-state index < -0.39 is 10.0 Å². The number of halogens is 1. The summed E-state index contributed by atoms with van der Waals surface area (Å²) < 4.78 is 31.6. The minimum atomic E-state index is -3.58. The van der Waals surface area contributed by atoms with Gasteiger partial charge in [0.05, 0.1) is 18.5 Å².